The van der Waals surface area contributed by atoms with Gasteiger partial charge in [0.1, 0.15) is 4.60 Å². The van der Waals surface area contributed by atoms with E-state index in [0.29, 0.717) is 10.2 Å². The zero-order chi connectivity index (χ0) is 9.14. The number of pyridine rings is 1. The Hall–Kier alpha value is -0.220. The molecule has 0 aliphatic carbocycles. The van der Waals surface area contributed by atoms with Crippen LogP contribution < -0.4 is 0 Å². The van der Waals surface area contributed by atoms with Gasteiger partial charge >= 0.3 is 0 Å². The van der Waals surface area contributed by atoms with E-state index in [1.807, 2.05) is 0 Å². The van der Waals surface area contributed by atoms with Crippen LogP contribution in [-0.2, 0) is 5.88 Å². The number of rotatable bonds is 2. The number of hydrogen-bond acceptors (Lipinski definition) is 1. The topological polar surface area (TPSA) is 12.9 Å². The molecule has 0 fully saturated rings. The molecule has 66 valence electrons. The second kappa shape index (κ2) is 4.14. The highest BCUT2D eigenvalue weighted by atomic mass is 79.9. The fraction of sp³-hybridized carbons (Fsp3) is 0.286. The van der Waals surface area contributed by atoms with Gasteiger partial charge in [-0.3, -0.25) is 0 Å². The molecular weight excluding hydrogens is 251 g/mol. The molecule has 0 bridgehead atoms. The van der Waals surface area contributed by atoms with Gasteiger partial charge in [0.2, 0.25) is 0 Å². The minimum Gasteiger partial charge on any atom is -0.249 e. The molecule has 0 saturated heterocycles. The van der Waals surface area contributed by atoms with Crippen LogP contribution in [0.5, 0.6) is 0 Å². The first-order chi connectivity index (χ1) is 5.65. The first kappa shape index (κ1) is 9.86. The van der Waals surface area contributed by atoms with Crippen molar-refractivity contribution in [2.24, 2.45) is 0 Å². The monoisotopic (exact) mass is 255 g/mol. The normalized spacial score (nSPS) is 10.8. The Balaban J connectivity index is 3.11. The fourth-order valence-electron chi connectivity index (χ4n) is 0.791. The first-order valence-electron chi connectivity index (χ1n) is 3.13. The average molecular weight is 256 g/mol. The highest BCUT2D eigenvalue weighted by Crippen LogP contribution is 2.25. The quantitative estimate of drug-likeness (QED) is 0.583. The molecule has 0 amide bonds. The molecule has 1 rings (SSSR count). The molecule has 5 heteroatoms. The zero-order valence-corrected chi connectivity index (χ0v) is 8.24. The van der Waals surface area contributed by atoms with Gasteiger partial charge < -0.3 is 0 Å². The van der Waals surface area contributed by atoms with Gasteiger partial charge in [0.15, 0.2) is 0 Å². The van der Waals surface area contributed by atoms with Crippen molar-refractivity contribution >= 4 is 27.5 Å². The summed E-state index contributed by atoms with van der Waals surface area (Å²) in [6.45, 7) is 0. The van der Waals surface area contributed by atoms with Crippen LogP contribution in [-0.4, -0.2) is 4.98 Å². The average Bonchev–Trinajstić information content (AvgIpc) is 2.03. The Morgan fingerprint density at radius 3 is 2.75 bits per heavy atom. The van der Waals surface area contributed by atoms with Crippen LogP contribution in [0.2, 0.25) is 0 Å². The van der Waals surface area contributed by atoms with Crippen molar-refractivity contribution in [3.8, 4) is 0 Å². The van der Waals surface area contributed by atoms with Gasteiger partial charge in [-0.05, 0) is 27.6 Å². The number of halogens is 4. The van der Waals surface area contributed by atoms with E-state index in [1.54, 1.807) is 0 Å². The van der Waals surface area contributed by atoms with E-state index >= 15 is 0 Å². The second-order valence-electron chi connectivity index (χ2n) is 2.14. The summed E-state index contributed by atoms with van der Waals surface area (Å²) in [5.41, 5.74) is 0.307. The van der Waals surface area contributed by atoms with Crippen molar-refractivity contribution in [2.75, 3.05) is 0 Å². The van der Waals surface area contributed by atoms with Gasteiger partial charge in [-0.25, -0.2) is 13.8 Å². The van der Waals surface area contributed by atoms with Crippen molar-refractivity contribution in [2.45, 2.75) is 12.3 Å². The largest absolute Gasteiger partial charge is 0.265 e. The van der Waals surface area contributed by atoms with Crippen molar-refractivity contribution < 1.29 is 8.78 Å². The summed E-state index contributed by atoms with van der Waals surface area (Å²) in [6, 6.07) is 1.49. The highest BCUT2D eigenvalue weighted by molar-refractivity contribution is 9.10. The molecule has 0 unspecified atom stereocenters. The predicted octanol–water partition coefficient (Wildman–Crippen LogP) is 3.52. The lowest BCUT2D eigenvalue weighted by Crippen LogP contribution is -1.93. The lowest BCUT2D eigenvalue weighted by Gasteiger charge is -2.04. The van der Waals surface area contributed by atoms with Crippen LogP contribution in [0.4, 0.5) is 8.78 Å². The maximum Gasteiger partial charge on any atom is 0.265 e. The number of hydrogen-bond donors (Lipinski definition) is 0. The van der Waals surface area contributed by atoms with Crippen LogP contribution in [0.3, 0.4) is 0 Å². The van der Waals surface area contributed by atoms with Crippen LogP contribution in [0.1, 0.15) is 17.6 Å². The molecule has 0 aromatic carbocycles. The molecule has 0 spiro atoms. The summed E-state index contributed by atoms with van der Waals surface area (Å²) >= 11 is 8.54. The lowest BCUT2D eigenvalue weighted by molar-refractivity contribution is 0.150. The molecule has 1 nitrogen and oxygen atoms in total. The highest BCUT2D eigenvalue weighted by Gasteiger charge is 2.12. The summed E-state index contributed by atoms with van der Waals surface area (Å²) in [5, 5.41) is 0. The number of aromatic nitrogens is 1. The van der Waals surface area contributed by atoms with Crippen molar-refractivity contribution in [1.82, 2.24) is 4.98 Å². The molecular formula is C7H5BrClF2N. The molecule has 0 saturated carbocycles. The molecule has 12 heavy (non-hydrogen) atoms. The molecule has 0 aliphatic heterocycles. The first-order valence-corrected chi connectivity index (χ1v) is 4.46. The molecule has 0 atom stereocenters. The minimum atomic E-state index is -2.51. The smallest absolute Gasteiger partial charge is 0.249 e. The van der Waals surface area contributed by atoms with Gasteiger partial charge in [0.05, 0.1) is 0 Å². The molecule has 1 aromatic heterocycles. The Kier molecular flexibility index (Phi) is 3.40. The van der Waals surface area contributed by atoms with Gasteiger partial charge in [-0.2, -0.15) is 0 Å². The van der Waals surface area contributed by atoms with Crippen LogP contribution in [0.25, 0.3) is 0 Å². The number of nitrogens with zero attached hydrogens (tertiary/aromatic N) is 1. The van der Waals surface area contributed by atoms with E-state index < -0.39 is 6.43 Å². The van der Waals surface area contributed by atoms with Gasteiger partial charge in [0.25, 0.3) is 6.43 Å². The Labute approximate surface area is 81.9 Å². The fourth-order valence-corrected chi connectivity index (χ4v) is 1.40. The van der Waals surface area contributed by atoms with E-state index in [1.165, 1.54) is 6.07 Å². The minimum absolute atomic E-state index is 0.0702. The lowest BCUT2D eigenvalue weighted by atomic mass is 10.2. The zero-order valence-electron chi connectivity index (χ0n) is 5.90. The van der Waals surface area contributed by atoms with E-state index in [-0.39, 0.29) is 11.4 Å². The van der Waals surface area contributed by atoms with Crippen molar-refractivity contribution in [3.05, 3.63) is 28.0 Å². The summed E-state index contributed by atoms with van der Waals surface area (Å²) in [5.74, 6) is 0.0702. The third kappa shape index (κ3) is 2.14. The number of alkyl halides is 3. The Morgan fingerprint density at radius 1 is 1.58 bits per heavy atom. The Morgan fingerprint density at radius 2 is 2.25 bits per heavy atom. The van der Waals surface area contributed by atoms with Crippen LogP contribution in [0, 0.1) is 0 Å². The third-order valence-electron chi connectivity index (χ3n) is 1.37. The Bertz CT molecular complexity index is 280. The summed E-state index contributed by atoms with van der Waals surface area (Å²) in [6.07, 6.45) is -1.38. The van der Waals surface area contributed by atoms with Gasteiger partial charge in [-0.1, -0.05) is 0 Å². The standard InChI is InChI=1S/C7H5BrClF2N/c8-6-1-4(2-9)5(3-12-6)7(10)11/h1,3,7H,2H2. The molecule has 0 aliphatic rings. The SMILES string of the molecule is FC(F)c1cnc(Br)cc1CCl. The summed E-state index contributed by atoms with van der Waals surface area (Å²) in [4.78, 5) is 3.69. The summed E-state index contributed by atoms with van der Waals surface area (Å²) < 4.78 is 25.0. The molecule has 0 radical (unpaired) electrons. The maximum atomic E-state index is 12.2. The van der Waals surface area contributed by atoms with Crippen molar-refractivity contribution in [1.29, 1.82) is 0 Å². The van der Waals surface area contributed by atoms with Gasteiger partial charge in [-0.15, -0.1) is 11.6 Å². The van der Waals surface area contributed by atoms with Crippen LogP contribution in [0.15, 0.2) is 16.9 Å². The molecule has 1 aromatic rings. The predicted molar refractivity (Wildman–Crippen MR) is 46.5 cm³/mol. The van der Waals surface area contributed by atoms with E-state index in [0.717, 1.165) is 6.20 Å². The summed E-state index contributed by atoms with van der Waals surface area (Å²) in [7, 11) is 0. The second-order valence-corrected chi connectivity index (χ2v) is 3.22. The molecule has 0 N–H and O–H groups in total. The maximum absolute atomic E-state index is 12.2. The van der Waals surface area contributed by atoms with Gasteiger partial charge in [0, 0.05) is 17.6 Å². The van der Waals surface area contributed by atoms with Crippen LogP contribution >= 0.6 is 27.5 Å². The molecule has 1 heterocycles. The van der Waals surface area contributed by atoms with Crippen molar-refractivity contribution in [3.63, 3.8) is 0 Å². The van der Waals surface area contributed by atoms with E-state index in [4.69, 9.17) is 11.6 Å². The van der Waals surface area contributed by atoms with E-state index in [9.17, 15) is 8.78 Å². The van der Waals surface area contributed by atoms with E-state index in [2.05, 4.69) is 20.9 Å². The third-order valence-corrected chi connectivity index (χ3v) is 2.09.